The van der Waals surface area contributed by atoms with Crippen molar-refractivity contribution in [2.45, 2.75) is 76.5 Å². The van der Waals surface area contributed by atoms with E-state index in [4.69, 9.17) is 5.73 Å². The molecule has 0 amide bonds. The molecule has 2 bridgehead atoms. The van der Waals surface area contributed by atoms with Gasteiger partial charge in [0.2, 0.25) is 0 Å². The van der Waals surface area contributed by atoms with Crippen molar-refractivity contribution in [1.82, 2.24) is 4.90 Å². The van der Waals surface area contributed by atoms with Crippen molar-refractivity contribution in [2.75, 3.05) is 0 Å². The summed E-state index contributed by atoms with van der Waals surface area (Å²) >= 11 is 0. The van der Waals surface area contributed by atoms with Crippen LogP contribution in [0.15, 0.2) is 0 Å². The van der Waals surface area contributed by atoms with Crippen LogP contribution in [0.5, 0.6) is 0 Å². The number of nitrogens with two attached hydrogens (primary N) is 1. The Hall–Kier alpha value is -0.0800. The molecule has 2 aliphatic rings. The number of piperidine rings is 2. The standard InChI is InChI=1S/C12H24N2/c1-12(2,3)14-10-5-4-6-11(14)8-9(13)7-10/h9-11H,4-8,13H2,1-3H3. The summed E-state index contributed by atoms with van der Waals surface area (Å²) in [6.07, 6.45) is 6.57. The Labute approximate surface area is 87.8 Å². The van der Waals surface area contributed by atoms with Gasteiger partial charge >= 0.3 is 0 Å². The van der Waals surface area contributed by atoms with Crippen molar-refractivity contribution >= 4 is 0 Å². The van der Waals surface area contributed by atoms with Crippen LogP contribution in [0.4, 0.5) is 0 Å². The van der Waals surface area contributed by atoms with Gasteiger partial charge in [-0.15, -0.1) is 0 Å². The third kappa shape index (κ3) is 1.82. The van der Waals surface area contributed by atoms with Gasteiger partial charge in [0.1, 0.15) is 0 Å². The van der Waals surface area contributed by atoms with Gasteiger partial charge < -0.3 is 5.73 Å². The lowest BCUT2D eigenvalue weighted by Crippen LogP contribution is -2.61. The average Bonchev–Trinajstić information content (AvgIpc) is 1.99. The van der Waals surface area contributed by atoms with Gasteiger partial charge in [-0.25, -0.2) is 0 Å². The number of hydrogen-bond acceptors (Lipinski definition) is 2. The Kier molecular flexibility index (Phi) is 2.61. The molecule has 0 aromatic rings. The molecule has 2 saturated heterocycles. The van der Waals surface area contributed by atoms with Crippen LogP contribution in [-0.2, 0) is 0 Å². The molecule has 0 aromatic carbocycles. The summed E-state index contributed by atoms with van der Waals surface area (Å²) in [5.74, 6) is 0. The van der Waals surface area contributed by atoms with E-state index in [1.165, 1.54) is 32.1 Å². The van der Waals surface area contributed by atoms with E-state index in [2.05, 4.69) is 25.7 Å². The molecule has 0 saturated carbocycles. The van der Waals surface area contributed by atoms with E-state index >= 15 is 0 Å². The quantitative estimate of drug-likeness (QED) is 0.643. The van der Waals surface area contributed by atoms with Crippen molar-refractivity contribution in [3.63, 3.8) is 0 Å². The normalized spacial score (nSPS) is 39.9. The topological polar surface area (TPSA) is 29.3 Å². The van der Waals surface area contributed by atoms with E-state index in [0.717, 1.165) is 12.1 Å². The van der Waals surface area contributed by atoms with E-state index in [1.807, 2.05) is 0 Å². The summed E-state index contributed by atoms with van der Waals surface area (Å²) < 4.78 is 0. The molecule has 2 heteroatoms. The largest absolute Gasteiger partial charge is 0.328 e. The molecule has 2 atom stereocenters. The SMILES string of the molecule is CC(C)(C)N1C2CCCC1CC(N)C2. The second kappa shape index (κ2) is 3.49. The number of hydrogen-bond donors (Lipinski definition) is 1. The monoisotopic (exact) mass is 196 g/mol. The third-order valence-corrected chi connectivity index (χ3v) is 3.79. The minimum atomic E-state index is 0.329. The summed E-state index contributed by atoms with van der Waals surface area (Å²) in [6, 6.07) is 1.99. The third-order valence-electron chi connectivity index (χ3n) is 3.79. The molecule has 82 valence electrons. The van der Waals surface area contributed by atoms with Gasteiger partial charge in [-0.1, -0.05) is 6.42 Å². The van der Waals surface area contributed by atoms with Crippen molar-refractivity contribution in [2.24, 2.45) is 5.73 Å². The van der Waals surface area contributed by atoms with Gasteiger partial charge in [-0.2, -0.15) is 0 Å². The molecule has 14 heavy (non-hydrogen) atoms. The summed E-state index contributed by atoms with van der Waals surface area (Å²) in [5.41, 5.74) is 6.43. The minimum absolute atomic E-state index is 0.329. The van der Waals surface area contributed by atoms with Crippen LogP contribution in [0.25, 0.3) is 0 Å². The maximum absolute atomic E-state index is 6.10. The second-order valence-electron chi connectivity index (χ2n) is 6.05. The van der Waals surface area contributed by atoms with Gasteiger partial charge in [-0.05, 0) is 46.5 Å². The summed E-state index contributed by atoms with van der Waals surface area (Å²) in [7, 11) is 0. The highest BCUT2D eigenvalue weighted by molar-refractivity contribution is 4.98. The van der Waals surface area contributed by atoms with Gasteiger partial charge in [0, 0.05) is 23.7 Å². The Balaban J connectivity index is 2.17. The first-order chi connectivity index (χ1) is 6.48. The zero-order valence-electron chi connectivity index (χ0n) is 9.79. The fourth-order valence-corrected chi connectivity index (χ4v) is 3.52. The average molecular weight is 196 g/mol. The van der Waals surface area contributed by atoms with Crippen LogP contribution >= 0.6 is 0 Å². The molecular formula is C12H24N2. The molecule has 2 N–H and O–H groups in total. The smallest absolute Gasteiger partial charge is 0.0130 e. The highest BCUT2D eigenvalue weighted by Crippen LogP contribution is 2.38. The zero-order valence-corrected chi connectivity index (χ0v) is 9.79. The molecule has 2 heterocycles. The summed E-state index contributed by atoms with van der Waals surface area (Å²) in [6.45, 7) is 7.03. The summed E-state index contributed by atoms with van der Waals surface area (Å²) in [4.78, 5) is 2.74. The molecular weight excluding hydrogens is 172 g/mol. The highest BCUT2D eigenvalue weighted by Gasteiger charge is 2.41. The molecule has 2 unspecified atom stereocenters. The Morgan fingerprint density at radius 2 is 1.57 bits per heavy atom. The Bertz CT molecular complexity index is 193. The lowest BCUT2D eigenvalue weighted by molar-refractivity contribution is -0.0359. The molecule has 2 aliphatic heterocycles. The van der Waals surface area contributed by atoms with Gasteiger partial charge in [0.15, 0.2) is 0 Å². The molecule has 2 fully saturated rings. The van der Waals surface area contributed by atoms with Gasteiger partial charge in [-0.3, -0.25) is 4.90 Å². The number of rotatable bonds is 0. The molecule has 0 radical (unpaired) electrons. The lowest BCUT2D eigenvalue weighted by Gasteiger charge is -2.54. The van der Waals surface area contributed by atoms with E-state index in [0.29, 0.717) is 11.6 Å². The van der Waals surface area contributed by atoms with Crippen LogP contribution in [0.3, 0.4) is 0 Å². The predicted molar refractivity (Wildman–Crippen MR) is 60.2 cm³/mol. The van der Waals surface area contributed by atoms with Crippen LogP contribution < -0.4 is 5.73 Å². The summed E-state index contributed by atoms with van der Waals surface area (Å²) in [5, 5.41) is 0. The lowest BCUT2D eigenvalue weighted by atomic mass is 9.79. The van der Waals surface area contributed by atoms with Crippen LogP contribution in [0, 0.1) is 0 Å². The first kappa shape index (κ1) is 10.4. The Morgan fingerprint density at radius 1 is 1.07 bits per heavy atom. The molecule has 0 spiro atoms. The van der Waals surface area contributed by atoms with Crippen LogP contribution in [0.1, 0.15) is 52.9 Å². The minimum Gasteiger partial charge on any atom is -0.328 e. The van der Waals surface area contributed by atoms with E-state index < -0.39 is 0 Å². The molecule has 0 aliphatic carbocycles. The fraction of sp³-hybridized carbons (Fsp3) is 1.00. The number of nitrogens with zero attached hydrogens (tertiary/aromatic N) is 1. The van der Waals surface area contributed by atoms with E-state index in [9.17, 15) is 0 Å². The van der Waals surface area contributed by atoms with E-state index in [-0.39, 0.29) is 0 Å². The molecule has 0 aromatic heterocycles. The maximum atomic E-state index is 6.10. The molecule has 2 rings (SSSR count). The second-order valence-corrected chi connectivity index (χ2v) is 6.05. The fourth-order valence-electron chi connectivity index (χ4n) is 3.52. The first-order valence-corrected chi connectivity index (χ1v) is 6.02. The number of fused-ring (bicyclic) bond motifs is 2. The maximum Gasteiger partial charge on any atom is 0.0130 e. The first-order valence-electron chi connectivity index (χ1n) is 6.02. The van der Waals surface area contributed by atoms with Crippen molar-refractivity contribution in [1.29, 1.82) is 0 Å². The highest BCUT2D eigenvalue weighted by atomic mass is 15.3. The van der Waals surface area contributed by atoms with Crippen molar-refractivity contribution < 1.29 is 0 Å². The van der Waals surface area contributed by atoms with Crippen molar-refractivity contribution in [3.8, 4) is 0 Å². The molecule has 2 nitrogen and oxygen atoms in total. The zero-order chi connectivity index (χ0) is 10.3. The van der Waals surface area contributed by atoms with Gasteiger partial charge in [0.25, 0.3) is 0 Å². The van der Waals surface area contributed by atoms with Gasteiger partial charge in [0.05, 0.1) is 0 Å². The predicted octanol–water partition coefficient (Wildman–Crippen LogP) is 2.13. The van der Waals surface area contributed by atoms with Crippen LogP contribution in [-0.4, -0.2) is 28.6 Å². The van der Waals surface area contributed by atoms with E-state index in [1.54, 1.807) is 0 Å². The van der Waals surface area contributed by atoms with Crippen LogP contribution in [0.2, 0.25) is 0 Å². The Morgan fingerprint density at radius 3 is 2.00 bits per heavy atom. The van der Waals surface area contributed by atoms with Crippen molar-refractivity contribution in [3.05, 3.63) is 0 Å².